The summed E-state index contributed by atoms with van der Waals surface area (Å²) in [6.07, 6.45) is 0.886. The van der Waals surface area contributed by atoms with Crippen LogP contribution in [0.5, 0.6) is 0 Å². The van der Waals surface area contributed by atoms with Gasteiger partial charge in [-0.2, -0.15) is 0 Å². The molecular weight excluding hydrogens is 255 g/mol. The van der Waals surface area contributed by atoms with Crippen LogP contribution in [0.15, 0.2) is 12.1 Å². The number of benzene rings is 1. The molecule has 3 nitrogen and oxygen atoms in total. The number of nitrogens with one attached hydrogen (secondary N) is 1. The molecule has 1 aromatic carbocycles. The highest BCUT2D eigenvalue weighted by Crippen LogP contribution is 2.23. The lowest BCUT2D eigenvalue weighted by molar-refractivity contribution is 0.0979. The van der Waals surface area contributed by atoms with Gasteiger partial charge in [0.25, 0.3) is 0 Å². The molecule has 0 bridgehead atoms. The molecular formula is C13H18ClFN2O. The second-order valence-electron chi connectivity index (χ2n) is 4.87. The molecule has 0 spiro atoms. The van der Waals surface area contributed by atoms with E-state index in [9.17, 15) is 9.18 Å². The van der Waals surface area contributed by atoms with Crippen molar-refractivity contribution >= 4 is 23.1 Å². The molecule has 0 aromatic heterocycles. The van der Waals surface area contributed by atoms with Crippen molar-refractivity contribution in [1.82, 2.24) is 5.32 Å². The normalized spacial score (nSPS) is 11.6. The van der Waals surface area contributed by atoms with E-state index in [4.69, 9.17) is 17.3 Å². The highest BCUT2D eigenvalue weighted by Gasteiger charge is 2.17. The van der Waals surface area contributed by atoms with Gasteiger partial charge < -0.3 is 11.1 Å². The number of carbonyl (C=O) groups excluding carboxylic acids is 1. The molecule has 0 radical (unpaired) electrons. The van der Waals surface area contributed by atoms with Gasteiger partial charge in [0, 0.05) is 11.1 Å². The van der Waals surface area contributed by atoms with Crippen LogP contribution in [-0.4, -0.2) is 17.9 Å². The van der Waals surface area contributed by atoms with Crippen LogP contribution in [0.25, 0.3) is 0 Å². The van der Waals surface area contributed by atoms with Crippen molar-refractivity contribution in [3.05, 3.63) is 28.5 Å². The van der Waals surface area contributed by atoms with Gasteiger partial charge in [0.05, 0.1) is 17.3 Å². The van der Waals surface area contributed by atoms with E-state index in [1.807, 2.05) is 20.8 Å². The second kappa shape index (κ2) is 5.67. The number of ketones is 1. The molecule has 100 valence electrons. The Morgan fingerprint density at radius 3 is 2.61 bits per heavy atom. The van der Waals surface area contributed by atoms with Gasteiger partial charge in [0.15, 0.2) is 5.78 Å². The molecule has 0 heterocycles. The number of anilines is 1. The van der Waals surface area contributed by atoms with Crippen molar-refractivity contribution in [3.8, 4) is 0 Å². The molecule has 0 unspecified atom stereocenters. The van der Waals surface area contributed by atoms with E-state index in [1.54, 1.807) is 0 Å². The molecule has 0 fully saturated rings. The summed E-state index contributed by atoms with van der Waals surface area (Å²) in [5, 5.41) is 3.18. The molecule has 0 aliphatic carbocycles. The van der Waals surface area contributed by atoms with Gasteiger partial charge in [0.2, 0.25) is 0 Å². The van der Waals surface area contributed by atoms with E-state index in [2.05, 4.69) is 5.32 Å². The summed E-state index contributed by atoms with van der Waals surface area (Å²) < 4.78 is 13.4. The Morgan fingerprint density at radius 2 is 2.11 bits per heavy atom. The number of hydrogen-bond donors (Lipinski definition) is 2. The Bertz CT molecular complexity index is 437. The van der Waals surface area contributed by atoms with E-state index in [-0.39, 0.29) is 34.1 Å². The zero-order valence-electron chi connectivity index (χ0n) is 10.8. The molecule has 0 saturated heterocycles. The lowest BCUT2D eigenvalue weighted by Crippen LogP contribution is -2.41. The molecule has 18 heavy (non-hydrogen) atoms. The maximum Gasteiger partial charge on any atom is 0.176 e. The van der Waals surface area contributed by atoms with Crippen molar-refractivity contribution in [2.45, 2.75) is 32.7 Å². The van der Waals surface area contributed by atoms with Gasteiger partial charge in [0.1, 0.15) is 5.82 Å². The van der Waals surface area contributed by atoms with Crippen LogP contribution < -0.4 is 11.1 Å². The highest BCUT2D eigenvalue weighted by molar-refractivity contribution is 6.33. The topological polar surface area (TPSA) is 55.1 Å². The van der Waals surface area contributed by atoms with Crippen molar-refractivity contribution in [2.24, 2.45) is 0 Å². The van der Waals surface area contributed by atoms with Gasteiger partial charge in [-0.25, -0.2) is 4.39 Å². The Balaban J connectivity index is 2.80. The Labute approximate surface area is 112 Å². The molecule has 5 heteroatoms. The van der Waals surface area contributed by atoms with Crippen molar-refractivity contribution in [1.29, 1.82) is 0 Å². The molecule has 0 aliphatic heterocycles. The lowest BCUT2D eigenvalue weighted by Gasteiger charge is -2.24. The Hall–Kier alpha value is -1.13. The predicted molar refractivity (Wildman–Crippen MR) is 72.5 cm³/mol. The summed E-state index contributed by atoms with van der Waals surface area (Å²) in [5.41, 5.74) is 5.35. The van der Waals surface area contributed by atoms with Gasteiger partial charge in [-0.3, -0.25) is 4.79 Å². The largest absolute Gasteiger partial charge is 0.395 e. The zero-order valence-corrected chi connectivity index (χ0v) is 11.6. The Morgan fingerprint density at radius 1 is 1.50 bits per heavy atom. The average molecular weight is 273 g/mol. The third-order valence-corrected chi connectivity index (χ3v) is 3.33. The fourth-order valence-electron chi connectivity index (χ4n) is 1.29. The first-order valence-electron chi connectivity index (χ1n) is 5.79. The number of rotatable bonds is 5. The molecule has 1 aromatic rings. The zero-order chi connectivity index (χ0) is 13.9. The number of carbonyl (C=O) groups is 1. The van der Waals surface area contributed by atoms with Crippen molar-refractivity contribution in [3.63, 3.8) is 0 Å². The highest BCUT2D eigenvalue weighted by atomic mass is 35.5. The van der Waals surface area contributed by atoms with Crippen molar-refractivity contribution in [2.75, 3.05) is 12.3 Å². The van der Waals surface area contributed by atoms with Gasteiger partial charge in [-0.05, 0) is 32.4 Å². The molecule has 0 amide bonds. The summed E-state index contributed by atoms with van der Waals surface area (Å²) in [6.45, 7) is 6.16. The van der Waals surface area contributed by atoms with E-state index >= 15 is 0 Å². The van der Waals surface area contributed by atoms with Gasteiger partial charge in [-0.1, -0.05) is 18.5 Å². The van der Waals surface area contributed by atoms with E-state index in [0.29, 0.717) is 0 Å². The Kier molecular flexibility index (Phi) is 4.71. The summed E-state index contributed by atoms with van der Waals surface area (Å²) in [5.74, 6) is -0.877. The summed E-state index contributed by atoms with van der Waals surface area (Å²) in [7, 11) is 0. The standard InChI is InChI=1S/C13H18ClFN2O/c1-4-13(2,3)17-7-11(18)8-5-9(14)12(16)10(15)6-8/h5-6,17H,4,7,16H2,1-3H3. The maximum atomic E-state index is 13.4. The number of nitrogens with two attached hydrogens (primary N) is 1. The minimum atomic E-state index is -0.666. The number of Topliss-reactive ketones (excluding diaryl/α,β-unsaturated/α-hetero) is 1. The van der Waals surface area contributed by atoms with Crippen molar-refractivity contribution < 1.29 is 9.18 Å². The van der Waals surface area contributed by atoms with Crippen LogP contribution in [-0.2, 0) is 0 Å². The monoisotopic (exact) mass is 272 g/mol. The molecule has 0 aliphatic rings. The number of halogens is 2. The first-order chi connectivity index (χ1) is 8.26. The third-order valence-electron chi connectivity index (χ3n) is 3.01. The summed E-state index contributed by atoms with van der Waals surface area (Å²) in [4.78, 5) is 11.9. The third kappa shape index (κ3) is 3.68. The van der Waals surface area contributed by atoms with Crippen LogP contribution in [0.4, 0.5) is 10.1 Å². The maximum absolute atomic E-state index is 13.4. The molecule has 0 saturated carbocycles. The van der Waals surface area contributed by atoms with Gasteiger partial charge >= 0.3 is 0 Å². The minimum Gasteiger partial charge on any atom is -0.395 e. The smallest absolute Gasteiger partial charge is 0.176 e. The fourth-order valence-corrected chi connectivity index (χ4v) is 1.50. The van der Waals surface area contributed by atoms with Crippen LogP contribution in [0, 0.1) is 5.82 Å². The fraction of sp³-hybridized carbons (Fsp3) is 0.462. The number of nitrogen functional groups attached to an aromatic ring is 1. The quantitative estimate of drug-likeness (QED) is 0.640. The van der Waals surface area contributed by atoms with Crippen LogP contribution in [0.3, 0.4) is 0 Å². The summed E-state index contributed by atoms with van der Waals surface area (Å²) in [6, 6.07) is 2.51. The lowest BCUT2D eigenvalue weighted by atomic mass is 10.0. The molecule has 0 atom stereocenters. The van der Waals surface area contributed by atoms with Crippen LogP contribution in [0.2, 0.25) is 5.02 Å². The van der Waals surface area contributed by atoms with E-state index < -0.39 is 5.82 Å². The predicted octanol–water partition coefficient (Wildman–Crippen LogP) is 3.02. The average Bonchev–Trinajstić information content (AvgIpc) is 2.32. The SMILES string of the molecule is CCC(C)(C)NCC(=O)c1cc(F)c(N)c(Cl)c1. The van der Waals surface area contributed by atoms with E-state index in [1.165, 1.54) is 6.07 Å². The number of hydrogen-bond acceptors (Lipinski definition) is 3. The molecule has 1 rings (SSSR count). The first-order valence-corrected chi connectivity index (χ1v) is 6.17. The second-order valence-corrected chi connectivity index (χ2v) is 5.27. The summed E-state index contributed by atoms with van der Waals surface area (Å²) >= 11 is 5.74. The van der Waals surface area contributed by atoms with E-state index in [0.717, 1.165) is 12.5 Å². The minimum absolute atomic E-state index is 0.0631. The van der Waals surface area contributed by atoms with Crippen LogP contribution >= 0.6 is 11.6 Å². The van der Waals surface area contributed by atoms with Crippen LogP contribution in [0.1, 0.15) is 37.6 Å². The molecule has 3 N–H and O–H groups in total. The first kappa shape index (κ1) is 14.9. The van der Waals surface area contributed by atoms with Gasteiger partial charge in [-0.15, -0.1) is 0 Å².